The zero-order valence-corrected chi connectivity index (χ0v) is 27.9. The maximum atomic E-state index is 6.77. The molecule has 1 aromatic heterocycles. The van der Waals surface area contributed by atoms with Crippen molar-refractivity contribution >= 4 is 39.0 Å². The number of para-hydroxylation sites is 2. The van der Waals surface area contributed by atoms with Gasteiger partial charge >= 0.3 is 0 Å². The second kappa shape index (κ2) is 11.8. The van der Waals surface area contributed by atoms with E-state index in [1.807, 2.05) is 6.07 Å². The van der Waals surface area contributed by atoms with Crippen molar-refractivity contribution in [3.05, 3.63) is 222 Å². The first-order chi connectivity index (χ1) is 25.3. The summed E-state index contributed by atoms with van der Waals surface area (Å²) in [5, 5.41) is 2.28. The number of hydrogen-bond donors (Lipinski definition) is 0. The number of hydrogen-bond acceptors (Lipinski definition) is 2. The summed E-state index contributed by atoms with van der Waals surface area (Å²) in [7, 11) is 0. The monoisotopic (exact) mass is 651 g/mol. The Bertz CT molecular complexity index is 2620. The molecule has 2 heteroatoms. The van der Waals surface area contributed by atoms with Crippen LogP contribution < -0.4 is 4.90 Å². The van der Waals surface area contributed by atoms with Gasteiger partial charge in [0.1, 0.15) is 11.2 Å². The first-order valence-corrected chi connectivity index (χ1v) is 17.5. The Hall–Kier alpha value is -6.64. The summed E-state index contributed by atoms with van der Waals surface area (Å²) in [6, 6.07) is 72.1. The molecule has 0 saturated carbocycles. The largest absolute Gasteiger partial charge is 0.455 e. The highest BCUT2D eigenvalue weighted by atomic mass is 16.3. The summed E-state index contributed by atoms with van der Waals surface area (Å²) in [5.41, 5.74) is 14.2. The van der Waals surface area contributed by atoms with Crippen LogP contribution in [0, 0.1) is 0 Å². The molecule has 0 saturated heterocycles. The molecule has 8 aromatic carbocycles. The predicted octanol–water partition coefficient (Wildman–Crippen LogP) is 13.1. The molecule has 1 aliphatic carbocycles. The lowest BCUT2D eigenvalue weighted by Crippen LogP contribution is -2.28. The predicted molar refractivity (Wildman–Crippen MR) is 211 cm³/mol. The minimum absolute atomic E-state index is 0.574. The van der Waals surface area contributed by atoms with E-state index >= 15 is 0 Å². The maximum Gasteiger partial charge on any atom is 0.143 e. The van der Waals surface area contributed by atoms with Gasteiger partial charge in [-0.2, -0.15) is 0 Å². The van der Waals surface area contributed by atoms with Crippen molar-refractivity contribution in [3.8, 4) is 22.3 Å². The number of rotatable bonds is 6. The molecule has 0 bridgehead atoms. The highest BCUT2D eigenvalue weighted by Gasteiger charge is 2.47. The molecule has 2 nitrogen and oxygen atoms in total. The van der Waals surface area contributed by atoms with E-state index in [1.165, 1.54) is 38.9 Å². The third kappa shape index (κ3) is 4.50. The van der Waals surface area contributed by atoms with E-state index in [4.69, 9.17) is 4.42 Å². The van der Waals surface area contributed by atoms with Crippen molar-refractivity contribution in [1.29, 1.82) is 0 Å². The van der Waals surface area contributed by atoms with Gasteiger partial charge in [-0.25, -0.2) is 0 Å². The number of anilines is 3. The first-order valence-electron chi connectivity index (χ1n) is 17.5. The summed E-state index contributed by atoms with van der Waals surface area (Å²) in [6.07, 6.45) is 0. The molecule has 10 rings (SSSR count). The fourth-order valence-corrected chi connectivity index (χ4v) is 8.34. The Balaban J connectivity index is 1.26. The van der Waals surface area contributed by atoms with Crippen LogP contribution in [0.4, 0.5) is 17.1 Å². The summed E-state index contributed by atoms with van der Waals surface area (Å²) >= 11 is 0. The van der Waals surface area contributed by atoms with Gasteiger partial charge in [0.05, 0.1) is 5.41 Å². The molecule has 0 fully saturated rings. The highest BCUT2D eigenvalue weighted by Crippen LogP contribution is 2.59. The van der Waals surface area contributed by atoms with Gasteiger partial charge in [0, 0.05) is 33.4 Å². The van der Waals surface area contributed by atoms with E-state index in [0.717, 1.165) is 44.6 Å². The van der Waals surface area contributed by atoms with Gasteiger partial charge in [0.2, 0.25) is 0 Å². The normalized spacial score (nSPS) is 12.9. The zero-order chi connectivity index (χ0) is 33.8. The van der Waals surface area contributed by atoms with E-state index < -0.39 is 5.41 Å². The van der Waals surface area contributed by atoms with Crippen LogP contribution in [0.3, 0.4) is 0 Å². The Kier molecular flexibility index (Phi) is 6.75. The quantitative estimate of drug-likeness (QED) is 0.178. The fraction of sp³-hybridized carbons (Fsp3) is 0.0204. The lowest BCUT2D eigenvalue weighted by Gasteiger charge is -2.35. The highest BCUT2D eigenvalue weighted by molar-refractivity contribution is 6.12. The summed E-state index contributed by atoms with van der Waals surface area (Å²) in [5.74, 6) is 0. The molecule has 9 aromatic rings. The van der Waals surface area contributed by atoms with E-state index in [1.54, 1.807) is 0 Å². The van der Waals surface area contributed by atoms with Crippen molar-refractivity contribution in [3.63, 3.8) is 0 Å². The van der Waals surface area contributed by atoms with Gasteiger partial charge in [-0.05, 0) is 81.4 Å². The van der Waals surface area contributed by atoms with Crippen molar-refractivity contribution in [2.75, 3.05) is 4.90 Å². The molecule has 0 spiro atoms. The second-order valence-electron chi connectivity index (χ2n) is 13.3. The third-order valence-electron chi connectivity index (χ3n) is 10.5. The Labute approximate surface area is 297 Å². The van der Waals surface area contributed by atoms with Crippen molar-refractivity contribution in [2.45, 2.75) is 5.41 Å². The van der Waals surface area contributed by atoms with Crippen LogP contribution in [0.1, 0.15) is 22.3 Å². The summed E-state index contributed by atoms with van der Waals surface area (Å²) < 4.78 is 6.77. The van der Waals surface area contributed by atoms with Crippen LogP contribution in [0.15, 0.2) is 205 Å². The van der Waals surface area contributed by atoms with Crippen LogP contribution in [-0.2, 0) is 5.41 Å². The van der Waals surface area contributed by atoms with Gasteiger partial charge < -0.3 is 9.32 Å². The smallest absolute Gasteiger partial charge is 0.143 e. The molecule has 1 heterocycles. The molecule has 0 unspecified atom stereocenters. The third-order valence-corrected chi connectivity index (χ3v) is 10.5. The van der Waals surface area contributed by atoms with E-state index in [0.29, 0.717) is 0 Å². The second-order valence-corrected chi connectivity index (χ2v) is 13.3. The van der Waals surface area contributed by atoms with Gasteiger partial charge in [-0.3, -0.25) is 0 Å². The number of nitrogens with zero attached hydrogens (tertiary/aromatic N) is 1. The Morgan fingerprint density at radius 2 is 0.941 bits per heavy atom. The Morgan fingerprint density at radius 3 is 1.63 bits per heavy atom. The van der Waals surface area contributed by atoms with Crippen molar-refractivity contribution < 1.29 is 4.42 Å². The van der Waals surface area contributed by atoms with Gasteiger partial charge in [-0.15, -0.1) is 0 Å². The molecule has 0 radical (unpaired) electrons. The molecule has 1 aliphatic rings. The molecule has 0 atom stereocenters. The minimum Gasteiger partial charge on any atom is -0.455 e. The van der Waals surface area contributed by atoms with Crippen LogP contribution in [-0.4, -0.2) is 0 Å². The van der Waals surface area contributed by atoms with Crippen LogP contribution in [0.5, 0.6) is 0 Å². The number of benzene rings is 8. The van der Waals surface area contributed by atoms with Crippen molar-refractivity contribution in [1.82, 2.24) is 0 Å². The number of fused-ring (bicyclic) bond motifs is 7. The molecular formula is C49H33NO. The summed E-state index contributed by atoms with van der Waals surface area (Å²) in [4.78, 5) is 2.37. The Morgan fingerprint density at radius 1 is 0.392 bits per heavy atom. The van der Waals surface area contributed by atoms with Crippen LogP contribution in [0.25, 0.3) is 44.2 Å². The molecule has 0 N–H and O–H groups in total. The molecule has 240 valence electrons. The van der Waals surface area contributed by atoms with E-state index in [9.17, 15) is 0 Å². The lowest BCUT2D eigenvalue weighted by molar-refractivity contribution is 0.669. The zero-order valence-electron chi connectivity index (χ0n) is 27.9. The standard InChI is InChI=1S/C49H33NO/c1-5-15-34(16-6-1)35-25-27-39(28-26-35)50(38-21-11-4-12-22-38)40-29-30-43-45(33-40)49(36-17-7-2-8-18-36,37-19-9-3-10-20-37)44-32-31-42-41-23-13-14-24-46(41)51-48(42)47(43)44/h1-33H. The van der Waals surface area contributed by atoms with E-state index in [2.05, 4.69) is 199 Å². The van der Waals surface area contributed by atoms with Gasteiger partial charge in [-0.1, -0.05) is 158 Å². The van der Waals surface area contributed by atoms with Crippen LogP contribution in [0.2, 0.25) is 0 Å². The fourth-order valence-electron chi connectivity index (χ4n) is 8.34. The SMILES string of the molecule is c1ccc(-c2ccc(N(c3ccccc3)c3ccc4c(c3)C(c3ccccc3)(c3ccccc3)c3ccc5c(oc6ccccc65)c3-4)cc2)cc1. The molecule has 0 aliphatic heterocycles. The average molecular weight is 652 g/mol. The average Bonchev–Trinajstić information content (AvgIpc) is 3.73. The summed E-state index contributed by atoms with van der Waals surface area (Å²) in [6.45, 7) is 0. The minimum atomic E-state index is -0.574. The van der Waals surface area contributed by atoms with Gasteiger partial charge in [0.25, 0.3) is 0 Å². The van der Waals surface area contributed by atoms with Gasteiger partial charge in [0.15, 0.2) is 0 Å². The first kappa shape index (κ1) is 29.3. The maximum absolute atomic E-state index is 6.77. The molecule has 0 amide bonds. The van der Waals surface area contributed by atoms with Crippen LogP contribution >= 0.6 is 0 Å². The molecule has 51 heavy (non-hydrogen) atoms. The lowest BCUT2D eigenvalue weighted by atomic mass is 9.67. The topological polar surface area (TPSA) is 16.4 Å². The number of furan rings is 1. The van der Waals surface area contributed by atoms with E-state index in [-0.39, 0.29) is 0 Å². The molecular weight excluding hydrogens is 619 g/mol. The van der Waals surface area contributed by atoms with Crippen molar-refractivity contribution in [2.24, 2.45) is 0 Å².